The van der Waals surface area contributed by atoms with E-state index in [1.54, 1.807) is 12.4 Å². The Morgan fingerprint density at radius 3 is 2.32 bits per heavy atom. The third-order valence-corrected chi connectivity index (χ3v) is 3.24. The molecule has 0 saturated carbocycles. The highest BCUT2D eigenvalue weighted by molar-refractivity contribution is 6.05. The molecular formula is C18H23N3O. The lowest BCUT2D eigenvalue weighted by Gasteiger charge is -2.22. The van der Waals surface area contributed by atoms with Gasteiger partial charge in [-0.1, -0.05) is 18.2 Å². The van der Waals surface area contributed by atoms with E-state index in [2.05, 4.69) is 36.4 Å². The summed E-state index contributed by atoms with van der Waals surface area (Å²) in [5.41, 5.74) is 4.25. The SMILES string of the molecule is Cc1cccc(C)c1NC(=O)c1cncc(NC(C)(C)C)c1. The zero-order valence-electron chi connectivity index (χ0n) is 13.8. The lowest BCUT2D eigenvalue weighted by molar-refractivity contribution is 0.102. The highest BCUT2D eigenvalue weighted by Gasteiger charge is 2.13. The van der Waals surface area contributed by atoms with Crippen LogP contribution in [0.5, 0.6) is 0 Å². The molecule has 0 saturated heterocycles. The fourth-order valence-corrected chi connectivity index (χ4v) is 2.26. The molecule has 0 radical (unpaired) electrons. The van der Waals surface area contributed by atoms with Crippen LogP contribution in [0.1, 0.15) is 42.3 Å². The number of carbonyl (C=O) groups excluding carboxylic acids is 1. The minimum atomic E-state index is -0.151. The van der Waals surface area contributed by atoms with Crippen LogP contribution in [0.3, 0.4) is 0 Å². The van der Waals surface area contributed by atoms with E-state index in [0.29, 0.717) is 5.56 Å². The predicted octanol–water partition coefficient (Wildman–Crippen LogP) is 4.16. The number of nitrogens with zero attached hydrogens (tertiary/aromatic N) is 1. The van der Waals surface area contributed by atoms with Crippen LogP contribution in [-0.2, 0) is 0 Å². The van der Waals surface area contributed by atoms with E-state index in [9.17, 15) is 4.79 Å². The summed E-state index contributed by atoms with van der Waals surface area (Å²) in [6, 6.07) is 7.77. The molecule has 4 nitrogen and oxygen atoms in total. The number of pyridine rings is 1. The van der Waals surface area contributed by atoms with Crippen LogP contribution in [0.15, 0.2) is 36.7 Å². The number of benzene rings is 1. The molecule has 2 aromatic rings. The van der Waals surface area contributed by atoms with E-state index in [4.69, 9.17) is 0 Å². The van der Waals surface area contributed by atoms with Crippen LogP contribution >= 0.6 is 0 Å². The van der Waals surface area contributed by atoms with Crippen molar-refractivity contribution in [2.45, 2.75) is 40.2 Å². The molecule has 1 heterocycles. The van der Waals surface area contributed by atoms with Gasteiger partial charge in [0.2, 0.25) is 0 Å². The molecule has 0 aliphatic carbocycles. The van der Waals surface area contributed by atoms with E-state index < -0.39 is 0 Å². The van der Waals surface area contributed by atoms with Crippen molar-refractivity contribution in [1.29, 1.82) is 0 Å². The van der Waals surface area contributed by atoms with E-state index in [-0.39, 0.29) is 11.4 Å². The first-order chi connectivity index (χ1) is 10.3. The van der Waals surface area contributed by atoms with Crippen LogP contribution < -0.4 is 10.6 Å². The Kier molecular flexibility index (Phi) is 4.50. The molecule has 2 N–H and O–H groups in total. The molecule has 4 heteroatoms. The maximum Gasteiger partial charge on any atom is 0.257 e. The zero-order valence-corrected chi connectivity index (χ0v) is 13.8. The first-order valence-corrected chi connectivity index (χ1v) is 7.37. The number of para-hydroxylation sites is 1. The number of anilines is 2. The molecule has 0 atom stereocenters. The fraction of sp³-hybridized carbons (Fsp3) is 0.333. The van der Waals surface area contributed by atoms with Crippen molar-refractivity contribution in [1.82, 2.24) is 4.98 Å². The number of carbonyl (C=O) groups is 1. The van der Waals surface area contributed by atoms with Crippen LogP contribution in [0, 0.1) is 13.8 Å². The maximum atomic E-state index is 12.5. The molecule has 0 aliphatic rings. The van der Waals surface area contributed by atoms with Crippen molar-refractivity contribution in [2.75, 3.05) is 10.6 Å². The van der Waals surface area contributed by atoms with Crippen molar-refractivity contribution >= 4 is 17.3 Å². The van der Waals surface area contributed by atoms with Gasteiger partial charge in [-0.15, -0.1) is 0 Å². The van der Waals surface area contributed by atoms with Gasteiger partial charge in [-0.25, -0.2) is 0 Å². The molecule has 2 rings (SSSR count). The summed E-state index contributed by atoms with van der Waals surface area (Å²) in [5, 5.41) is 6.30. The third kappa shape index (κ3) is 4.07. The van der Waals surface area contributed by atoms with E-state index in [1.165, 1.54) is 0 Å². The third-order valence-electron chi connectivity index (χ3n) is 3.24. The van der Waals surface area contributed by atoms with Gasteiger partial charge in [0.15, 0.2) is 0 Å². The second-order valence-electron chi connectivity index (χ2n) is 6.56. The molecule has 1 aromatic heterocycles. The smallest absolute Gasteiger partial charge is 0.257 e. The minimum Gasteiger partial charge on any atom is -0.379 e. The number of hydrogen-bond acceptors (Lipinski definition) is 3. The Morgan fingerprint density at radius 1 is 1.09 bits per heavy atom. The monoisotopic (exact) mass is 297 g/mol. The molecule has 0 aliphatic heterocycles. The summed E-state index contributed by atoms with van der Waals surface area (Å²) >= 11 is 0. The predicted molar refractivity (Wildman–Crippen MR) is 91.5 cm³/mol. The highest BCUT2D eigenvalue weighted by atomic mass is 16.1. The van der Waals surface area contributed by atoms with Crippen molar-refractivity contribution in [3.05, 3.63) is 53.3 Å². The van der Waals surface area contributed by atoms with Crippen LogP contribution in [0.2, 0.25) is 0 Å². The number of hydrogen-bond donors (Lipinski definition) is 2. The van der Waals surface area contributed by atoms with Crippen LogP contribution in [0.4, 0.5) is 11.4 Å². The standard InChI is InChI=1S/C18H23N3O/c1-12-7-6-8-13(2)16(12)20-17(22)14-9-15(11-19-10-14)21-18(3,4)5/h6-11,21H,1-5H3,(H,20,22). The average molecular weight is 297 g/mol. The van der Waals surface area contributed by atoms with Gasteiger partial charge in [-0.3, -0.25) is 9.78 Å². The fourth-order valence-electron chi connectivity index (χ4n) is 2.26. The Morgan fingerprint density at radius 2 is 1.73 bits per heavy atom. The summed E-state index contributed by atoms with van der Waals surface area (Å²) in [5.74, 6) is -0.151. The molecule has 1 amide bonds. The summed E-state index contributed by atoms with van der Waals surface area (Å²) in [6.45, 7) is 10.2. The second kappa shape index (κ2) is 6.18. The number of aryl methyl sites for hydroxylation is 2. The topological polar surface area (TPSA) is 54.0 Å². The zero-order chi connectivity index (χ0) is 16.3. The van der Waals surface area contributed by atoms with E-state index in [1.807, 2.05) is 38.1 Å². The lowest BCUT2D eigenvalue weighted by atomic mass is 10.1. The summed E-state index contributed by atoms with van der Waals surface area (Å²) in [6.07, 6.45) is 3.30. The molecule has 0 bridgehead atoms. The van der Waals surface area contributed by atoms with Gasteiger partial charge >= 0.3 is 0 Å². The minimum absolute atomic E-state index is 0.0800. The van der Waals surface area contributed by atoms with Gasteiger partial charge in [0.25, 0.3) is 5.91 Å². The molecule has 0 spiro atoms. The van der Waals surface area contributed by atoms with Gasteiger partial charge in [0.05, 0.1) is 11.3 Å². The summed E-state index contributed by atoms with van der Waals surface area (Å²) < 4.78 is 0. The van der Waals surface area contributed by atoms with Crippen molar-refractivity contribution in [3.8, 4) is 0 Å². The first kappa shape index (κ1) is 16.0. The van der Waals surface area contributed by atoms with E-state index in [0.717, 1.165) is 22.5 Å². The van der Waals surface area contributed by atoms with Gasteiger partial charge in [0.1, 0.15) is 0 Å². The molecule has 116 valence electrons. The molecule has 22 heavy (non-hydrogen) atoms. The van der Waals surface area contributed by atoms with Gasteiger partial charge in [-0.2, -0.15) is 0 Å². The number of rotatable bonds is 3. The molecular weight excluding hydrogens is 274 g/mol. The number of amides is 1. The quantitative estimate of drug-likeness (QED) is 0.894. The van der Waals surface area contributed by atoms with E-state index >= 15 is 0 Å². The Labute approximate surface area is 132 Å². The largest absolute Gasteiger partial charge is 0.379 e. The Balaban J connectivity index is 2.22. The number of aromatic nitrogens is 1. The van der Waals surface area contributed by atoms with Crippen molar-refractivity contribution in [2.24, 2.45) is 0 Å². The van der Waals surface area contributed by atoms with Crippen LogP contribution in [0.25, 0.3) is 0 Å². The van der Waals surface area contributed by atoms with Crippen molar-refractivity contribution < 1.29 is 4.79 Å². The normalized spacial score (nSPS) is 11.1. The maximum absolute atomic E-state index is 12.5. The van der Waals surface area contributed by atoms with Gasteiger partial charge in [0, 0.05) is 23.6 Å². The molecule has 0 unspecified atom stereocenters. The molecule has 0 fully saturated rings. The Bertz CT molecular complexity index is 667. The summed E-state index contributed by atoms with van der Waals surface area (Å²) in [4.78, 5) is 16.6. The Hall–Kier alpha value is -2.36. The lowest BCUT2D eigenvalue weighted by Crippen LogP contribution is -2.26. The second-order valence-corrected chi connectivity index (χ2v) is 6.56. The average Bonchev–Trinajstić information content (AvgIpc) is 2.41. The highest BCUT2D eigenvalue weighted by Crippen LogP contribution is 2.21. The first-order valence-electron chi connectivity index (χ1n) is 7.37. The van der Waals surface area contributed by atoms with Gasteiger partial charge in [-0.05, 0) is 51.8 Å². The van der Waals surface area contributed by atoms with Crippen LogP contribution in [-0.4, -0.2) is 16.4 Å². The molecule has 1 aromatic carbocycles. The number of nitrogens with one attached hydrogen (secondary N) is 2. The summed E-state index contributed by atoms with van der Waals surface area (Å²) in [7, 11) is 0. The van der Waals surface area contributed by atoms with Crippen molar-refractivity contribution in [3.63, 3.8) is 0 Å². The van der Waals surface area contributed by atoms with Gasteiger partial charge < -0.3 is 10.6 Å².